The summed E-state index contributed by atoms with van der Waals surface area (Å²) in [5.74, 6) is 0.568. The van der Waals surface area contributed by atoms with Gasteiger partial charge in [0.1, 0.15) is 0 Å². The Morgan fingerprint density at radius 2 is 2.16 bits per heavy atom. The number of rotatable bonds is 8. The standard InChI is InChI=1S/C13H28N2O3S/c1-12(2)14-7-5-9-19(16,17)15(3)10-13-6-4-8-18-11-13/h12-14H,4-11H2,1-3H3. The predicted molar refractivity (Wildman–Crippen MR) is 77.7 cm³/mol. The van der Waals surface area contributed by atoms with Crippen LogP contribution in [0.15, 0.2) is 0 Å². The highest BCUT2D eigenvalue weighted by molar-refractivity contribution is 7.89. The molecule has 0 aliphatic carbocycles. The van der Waals surface area contributed by atoms with Crippen LogP contribution in [-0.4, -0.2) is 57.9 Å². The van der Waals surface area contributed by atoms with Crippen LogP contribution in [-0.2, 0) is 14.8 Å². The number of ether oxygens (including phenoxy) is 1. The van der Waals surface area contributed by atoms with Crippen LogP contribution in [0.1, 0.15) is 33.1 Å². The van der Waals surface area contributed by atoms with Gasteiger partial charge in [-0.2, -0.15) is 0 Å². The molecule has 1 heterocycles. The lowest BCUT2D eigenvalue weighted by Gasteiger charge is -2.26. The Hall–Kier alpha value is -0.170. The molecular weight excluding hydrogens is 264 g/mol. The van der Waals surface area contributed by atoms with Gasteiger partial charge in [-0.1, -0.05) is 13.8 Å². The van der Waals surface area contributed by atoms with Crippen LogP contribution >= 0.6 is 0 Å². The van der Waals surface area contributed by atoms with E-state index in [1.807, 2.05) is 0 Å². The zero-order valence-electron chi connectivity index (χ0n) is 12.4. The van der Waals surface area contributed by atoms with Crippen LogP contribution in [0.4, 0.5) is 0 Å². The third-order valence-electron chi connectivity index (χ3n) is 3.38. The van der Waals surface area contributed by atoms with Gasteiger partial charge in [0.25, 0.3) is 0 Å². The van der Waals surface area contributed by atoms with Gasteiger partial charge in [-0.15, -0.1) is 0 Å². The lowest BCUT2D eigenvalue weighted by atomic mass is 10.0. The maximum Gasteiger partial charge on any atom is 0.213 e. The Balaban J connectivity index is 2.29. The van der Waals surface area contributed by atoms with Gasteiger partial charge >= 0.3 is 0 Å². The number of nitrogens with one attached hydrogen (secondary N) is 1. The predicted octanol–water partition coefficient (Wildman–Crippen LogP) is 1.06. The van der Waals surface area contributed by atoms with E-state index in [9.17, 15) is 8.42 Å². The second-order valence-corrected chi connectivity index (χ2v) is 7.84. The van der Waals surface area contributed by atoms with Gasteiger partial charge in [-0.25, -0.2) is 12.7 Å². The van der Waals surface area contributed by atoms with Crippen LogP contribution < -0.4 is 5.32 Å². The molecule has 6 heteroatoms. The van der Waals surface area contributed by atoms with Crippen molar-refractivity contribution in [3.63, 3.8) is 0 Å². The quantitative estimate of drug-likeness (QED) is 0.680. The monoisotopic (exact) mass is 292 g/mol. The molecule has 5 nitrogen and oxygen atoms in total. The topological polar surface area (TPSA) is 58.6 Å². The lowest BCUT2D eigenvalue weighted by molar-refractivity contribution is 0.0495. The highest BCUT2D eigenvalue weighted by Crippen LogP contribution is 2.16. The highest BCUT2D eigenvalue weighted by Gasteiger charge is 2.23. The van der Waals surface area contributed by atoms with Crippen molar-refractivity contribution in [2.75, 3.05) is 39.1 Å². The zero-order chi connectivity index (χ0) is 14.3. The molecule has 0 spiro atoms. The van der Waals surface area contributed by atoms with Crippen molar-refractivity contribution in [3.8, 4) is 0 Å². The normalized spacial score (nSPS) is 21.2. The maximum absolute atomic E-state index is 12.1. The molecule has 1 aliphatic rings. The minimum Gasteiger partial charge on any atom is -0.381 e. The van der Waals surface area contributed by atoms with E-state index in [1.165, 1.54) is 4.31 Å². The molecule has 1 atom stereocenters. The van der Waals surface area contributed by atoms with Gasteiger partial charge in [0.05, 0.1) is 12.4 Å². The minimum absolute atomic E-state index is 0.219. The van der Waals surface area contributed by atoms with Crippen LogP contribution in [0.3, 0.4) is 0 Å². The summed E-state index contributed by atoms with van der Waals surface area (Å²) >= 11 is 0. The largest absolute Gasteiger partial charge is 0.381 e. The summed E-state index contributed by atoms with van der Waals surface area (Å²) in [6, 6.07) is 0.403. The van der Waals surface area contributed by atoms with Gasteiger partial charge in [0.2, 0.25) is 10.0 Å². The first-order chi connectivity index (χ1) is 8.92. The van der Waals surface area contributed by atoms with Gasteiger partial charge in [-0.3, -0.25) is 0 Å². The molecule has 0 bridgehead atoms. The van der Waals surface area contributed by atoms with Crippen molar-refractivity contribution in [1.82, 2.24) is 9.62 Å². The summed E-state index contributed by atoms with van der Waals surface area (Å²) in [6.45, 7) is 6.95. The average molecular weight is 292 g/mol. The molecule has 1 fully saturated rings. The fourth-order valence-electron chi connectivity index (χ4n) is 2.23. The molecule has 1 aliphatic heterocycles. The Labute approximate surface area is 117 Å². The Morgan fingerprint density at radius 3 is 2.74 bits per heavy atom. The van der Waals surface area contributed by atoms with Crippen molar-refractivity contribution in [1.29, 1.82) is 0 Å². The highest BCUT2D eigenvalue weighted by atomic mass is 32.2. The third kappa shape index (κ3) is 6.70. The van der Waals surface area contributed by atoms with Crippen molar-refractivity contribution in [2.24, 2.45) is 5.92 Å². The molecule has 19 heavy (non-hydrogen) atoms. The second kappa shape index (κ2) is 8.19. The Bertz CT molecular complexity index is 338. The first-order valence-electron chi connectivity index (χ1n) is 7.17. The van der Waals surface area contributed by atoms with Gasteiger partial charge in [0.15, 0.2) is 0 Å². The fraction of sp³-hybridized carbons (Fsp3) is 1.00. The van der Waals surface area contributed by atoms with Crippen molar-refractivity contribution in [3.05, 3.63) is 0 Å². The van der Waals surface area contributed by atoms with Crippen LogP contribution in [0.2, 0.25) is 0 Å². The second-order valence-electron chi connectivity index (χ2n) is 5.64. The maximum atomic E-state index is 12.1. The number of hydrogen-bond acceptors (Lipinski definition) is 4. The van der Waals surface area contributed by atoms with E-state index < -0.39 is 10.0 Å². The molecular formula is C13H28N2O3S. The Morgan fingerprint density at radius 1 is 1.42 bits per heavy atom. The summed E-state index contributed by atoms with van der Waals surface area (Å²) in [4.78, 5) is 0. The zero-order valence-corrected chi connectivity index (χ0v) is 13.2. The summed E-state index contributed by atoms with van der Waals surface area (Å²) in [5.41, 5.74) is 0. The lowest BCUT2D eigenvalue weighted by Crippen LogP contribution is -2.37. The van der Waals surface area contributed by atoms with Crippen LogP contribution in [0.5, 0.6) is 0 Å². The Kier molecular flexibility index (Phi) is 7.28. The summed E-state index contributed by atoms with van der Waals surface area (Å²) in [7, 11) is -1.44. The molecule has 1 unspecified atom stereocenters. The number of nitrogens with zero attached hydrogens (tertiary/aromatic N) is 1. The summed E-state index contributed by atoms with van der Waals surface area (Å²) in [5, 5.41) is 3.24. The van der Waals surface area contributed by atoms with Crippen LogP contribution in [0.25, 0.3) is 0 Å². The minimum atomic E-state index is -3.12. The van der Waals surface area contributed by atoms with Crippen molar-refractivity contribution < 1.29 is 13.2 Å². The van der Waals surface area contributed by atoms with Gasteiger partial charge in [-0.05, 0) is 31.7 Å². The van der Waals surface area contributed by atoms with E-state index in [0.29, 0.717) is 31.5 Å². The molecule has 1 N–H and O–H groups in total. The molecule has 0 aromatic rings. The van der Waals surface area contributed by atoms with E-state index in [2.05, 4.69) is 19.2 Å². The molecule has 1 saturated heterocycles. The smallest absolute Gasteiger partial charge is 0.213 e. The SMILES string of the molecule is CC(C)NCCCS(=O)(=O)N(C)CC1CCCOC1. The summed E-state index contributed by atoms with van der Waals surface area (Å²) in [6.07, 6.45) is 2.76. The molecule has 0 saturated carbocycles. The van der Waals surface area contributed by atoms with Crippen molar-refractivity contribution >= 4 is 10.0 Å². The van der Waals surface area contributed by atoms with Crippen LogP contribution in [0, 0.1) is 5.92 Å². The number of sulfonamides is 1. The van der Waals surface area contributed by atoms with Crippen molar-refractivity contribution in [2.45, 2.75) is 39.2 Å². The molecule has 0 radical (unpaired) electrons. The molecule has 0 amide bonds. The summed E-state index contributed by atoms with van der Waals surface area (Å²) < 4.78 is 31.1. The molecule has 0 aromatic heterocycles. The van der Waals surface area contributed by atoms with E-state index in [1.54, 1.807) is 7.05 Å². The van der Waals surface area contributed by atoms with E-state index >= 15 is 0 Å². The average Bonchev–Trinajstić information content (AvgIpc) is 2.35. The molecule has 0 aromatic carbocycles. The molecule has 114 valence electrons. The van der Waals surface area contributed by atoms with E-state index in [0.717, 1.165) is 26.0 Å². The fourth-order valence-corrected chi connectivity index (χ4v) is 3.49. The molecule has 1 rings (SSSR count). The van der Waals surface area contributed by atoms with E-state index in [4.69, 9.17) is 4.74 Å². The first-order valence-corrected chi connectivity index (χ1v) is 8.78. The van der Waals surface area contributed by atoms with Gasteiger partial charge < -0.3 is 10.1 Å². The number of hydrogen-bond donors (Lipinski definition) is 1. The van der Waals surface area contributed by atoms with Gasteiger partial charge in [0, 0.05) is 26.2 Å². The third-order valence-corrected chi connectivity index (χ3v) is 5.28. The first kappa shape index (κ1) is 16.9. The van der Waals surface area contributed by atoms with E-state index in [-0.39, 0.29) is 5.75 Å².